The molecule has 1 aromatic carbocycles. The zero-order chi connectivity index (χ0) is 18.8. The lowest BCUT2D eigenvalue weighted by Gasteiger charge is -2.32. The predicted molar refractivity (Wildman–Crippen MR) is 96.5 cm³/mol. The normalized spacial score (nSPS) is 26.1. The zero-order valence-electron chi connectivity index (χ0n) is 15.1. The van der Waals surface area contributed by atoms with Crippen LogP contribution < -0.4 is 5.73 Å². The van der Waals surface area contributed by atoms with Crippen LogP contribution in [0, 0.1) is 5.82 Å². The number of rotatable bonds is 3. The molecule has 0 radical (unpaired) electrons. The summed E-state index contributed by atoms with van der Waals surface area (Å²) in [4.78, 5) is 14.6. The molecular weight excluding hydrogens is 349 g/mol. The number of nitrogens with zero attached hydrogens (tertiary/aromatic N) is 4. The molecule has 1 saturated carbocycles. The highest BCUT2D eigenvalue weighted by Crippen LogP contribution is 2.27. The molecule has 7 nitrogen and oxygen atoms in total. The lowest BCUT2D eigenvalue weighted by atomic mass is 9.92. The minimum Gasteiger partial charge on any atom is -0.370 e. The van der Waals surface area contributed by atoms with Crippen LogP contribution in [-0.2, 0) is 4.74 Å². The third kappa shape index (κ3) is 4.01. The Kier molecular flexibility index (Phi) is 5.18. The number of carbonyl (C=O) groups excluding carboxylic acids is 1. The lowest BCUT2D eigenvalue weighted by molar-refractivity contribution is -0.0230. The Balaban J connectivity index is 1.42. The van der Waals surface area contributed by atoms with Crippen LogP contribution in [0.5, 0.6) is 0 Å². The van der Waals surface area contributed by atoms with Crippen LogP contribution in [0.1, 0.15) is 53.9 Å². The standard InChI is InChI=1S/C19H24FN5O2/c20-14-3-1-13(2-4-14)18-12-24(9-10-27-18)19(26)17-11-25(23-22-17)16-7-5-15(21)6-8-16/h1-4,11,15-16,18H,5-10,12,21H2. The molecule has 144 valence electrons. The number of benzene rings is 1. The summed E-state index contributed by atoms with van der Waals surface area (Å²) in [5, 5.41) is 8.27. The van der Waals surface area contributed by atoms with E-state index in [1.165, 1.54) is 12.1 Å². The van der Waals surface area contributed by atoms with E-state index in [-0.39, 0.29) is 29.9 Å². The Morgan fingerprint density at radius 3 is 2.67 bits per heavy atom. The highest BCUT2D eigenvalue weighted by Gasteiger charge is 2.29. The predicted octanol–water partition coefficient (Wildman–Crippen LogP) is 2.07. The fourth-order valence-electron chi connectivity index (χ4n) is 3.79. The van der Waals surface area contributed by atoms with E-state index in [1.54, 1.807) is 27.9 Å². The minimum absolute atomic E-state index is 0.149. The molecule has 1 aliphatic carbocycles. The average Bonchev–Trinajstić information content (AvgIpc) is 3.19. The second kappa shape index (κ2) is 7.74. The van der Waals surface area contributed by atoms with Gasteiger partial charge in [0.15, 0.2) is 5.69 Å². The van der Waals surface area contributed by atoms with Gasteiger partial charge in [0.2, 0.25) is 0 Å². The van der Waals surface area contributed by atoms with Crippen molar-refractivity contribution in [3.05, 3.63) is 47.5 Å². The van der Waals surface area contributed by atoms with Crippen LogP contribution in [0.15, 0.2) is 30.5 Å². The smallest absolute Gasteiger partial charge is 0.276 e. The highest BCUT2D eigenvalue weighted by molar-refractivity contribution is 5.92. The van der Waals surface area contributed by atoms with Crippen molar-refractivity contribution in [3.8, 4) is 0 Å². The van der Waals surface area contributed by atoms with Crippen molar-refractivity contribution < 1.29 is 13.9 Å². The Labute approximate surface area is 157 Å². The molecule has 1 saturated heterocycles. The molecule has 0 spiro atoms. The van der Waals surface area contributed by atoms with E-state index in [9.17, 15) is 9.18 Å². The molecule has 4 rings (SSSR count). The number of aromatic nitrogens is 3. The average molecular weight is 373 g/mol. The van der Waals surface area contributed by atoms with Gasteiger partial charge >= 0.3 is 0 Å². The van der Waals surface area contributed by atoms with Gasteiger partial charge in [-0.15, -0.1) is 5.10 Å². The van der Waals surface area contributed by atoms with Crippen molar-refractivity contribution in [1.29, 1.82) is 0 Å². The summed E-state index contributed by atoms with van der Waals surface area (Å²) in [5.41, 5.74) is 7.17. The lowest BCUT2D eigenvalue weighted by Crippen LogP contribution is -2.42. The van der Waals surface area contributed by atoms with Gasteiger partial charge in [0.25, 0.3) is 5.91 Å². The number of nitrogens with two attached hydrogens (primary N) is 1. The van der Waals surface area contributed by atoms with Crippen molar-refractivity contribution in [3.63, 3.8) is 0 Å². The molecule has 0 bridgehead atoms. The van der Waals surface area contributed by atoms with E-state index in [0.717, 1.165) is 31.2 Å². The summed E-state index contributed by atoms with van der Waals surface area (Å²) < 4.78 is 20.7. The van der Waals surface area contributed by atoms with Crippen LogP contribution in [-0.4, -0.2) is 51.5 Å². The van der Waals surface area contributed by atoms with Crippen molar-refractivity contribution in [1.82, 2.24) is 19.9 Å². The number of morpholine rings is 1. The van der Waals surface area contributed by atoms with Gasteiger partial charge in [0, 0.05) is 12.6 Å². The third-order valence-corrected chi connectivity index (χ3v) is 5.44. The molecule has 1 amide bonds. The first-order valence-electron chi connectivity index (χ1n) is 9.44. The summed E-state index contributed by atoms with van der Waals surface area (Å²) >= 11 is 0. The van der Waals surface area contributed by atoms with E-state index >= 15 is 0 Å². The molecule has 2 aliphatic rings. The van der Waals surface area contributed by atoms with Crippen LogP contribution in [0.25, 0.3) is 0 Å². The van der Waals surface area contributed by atoms with Gasteiger partial charge in [-0.3, -0.25) is 4.79 Å². The van der Waals surface area contributed by atoms with E-state index in [1.807, 2.05) is 0 Å². The first-order valence-corrected chi connectivity index (χ1v) is 9.44. The Morgan fingerprint density at radius 2 is 1.93 bits per heavy atom. The molecule has 1 unspecified atom stereocenters. The summed E-state index contributed by atoms with van der Waals surface area (Å²) in [6, 6.07) is 6.72. The maximum atomic E-state index is 13.1. The number of ether oxygens (including phenoxy) is 1. The second-order valence-electron chi connectivity index (χ2n) is 7.31. The largest absolute Gasteiger partial charge is 0.370 e. The summed E-state index contributed by atoms with van der Waals surface area (Å²) in [6.07, 6.45) is 5.34. The van der Waals surface area contributed by atoms with Crippen LogP contribution in [0.4, 0.5) is 4.39 Å². The van der Waals surface area contributed by atoms with Gasteiger partial charge in [-0.2, -0.15) is 0 Å². The zero-order valence-corrected chi connectivity index (χ0v) is 15.1. The van der Waals surface area contributed by atoms with Crippen molar-refractivity contribution in [2.24, 2.45) is 5.73 Å². The first kappa shape index (κ1) is 18.1. The SMILES string of the molecule is NC1CCC(n2cc(C(=O)N3CCOC(c4ccc(F)cc4)C3)nn2)CC1. The van der Waals surface area contributed by atoms with Gasteiger partial charge in [0.05, 0.1) is 25.4 Å². The van der Waals surface area contributed by atoms with E-state index < -0.39 is 0 Å². The third-order valence-electron chi connectivity index (χ3n) is 5.44. The summed E-state index contributed by atoms with van der Waals surface area (Å²) in [6.45, 7) is 1.35. The van der Waals surface area contributed by atoms with E-state index in [2.05, 4.69) is 10.3 Å². The Bertz CT molecular complexity index is 786. The van der Waals surface area contributed by atoms with Crippen LogP contribution in [0.3, 0.4) is 0 Å². The molecule has 8 heteroatoms. The molecule has 1 atom stereocenters. The molecular formula is C19H24FN5O2. The quantitative estimate of drug-likeness (QED) is 0.890. The second-order valence-corrected chi connectivity index (χ2v) is 7.31. The fourth-order valence-corrected chi connectivity index (χ4v) is 3.79. The molecule has 2 fully saturated rings. The first-order chi connectivity index (χ1) is 13.1. The highest BCUT2D eigenvalue weighted by atomic mass is 19.1. The number of amides is 1. The van der Waals surface area contributed by atoms with E-state index in [0.29, 0.717) is 25.4 Å². The summed E-state index contributed by atoms with van der Waals surface area (Å²) in [5.74, 6) is -0.438. The molecule has 27 heavy (non-hydrogen) atoms. The Hall–Kier alpha value is -2.32. The minimum atomic E-state index is -0.289. The molecule has 2 N–H and O–H groups in total. The topological polar surface area (TPSA) is 86.3 Å². The van der Waals surface area contributed by atoms with Crippen molar-refractivity contribution in [2.45, 2.75) is 43.9 Å². The van der Waals surface area contributed by atoms with Gasteiger partial charge < -0.3 is 15.4 Å². The number of carbonyl (C=O) groups is 1. The fraction of sp³-hybridized carbons (Fsp3) is 0.526. The van der Waals surface area contributed by atoms with Crippen LogP contribution in [0.2, 0.25) is 0 Å². The van der Waals surface area contributed by atoms with Gasteiger partial charge in [-0.05, 0) is 43.4 Å². The van der Waals surface area contributed by atoms with E-state index in [4.69, 9.17) is 10.5 Å². The molecule has 1 aliphatic heterocycles. The molecule has 1 aromatic heterocycles. The number of halogens is 1. The summed E-state index contributed by atoms with van der Waals surface area (Å²) in [7, 11) is 0. The molecule has 2 aromatic rings. The Morgan fingerprint density at radius 1 is 1.19 bits per heavy atom. The van der Waals surface area contributed by atoms with Crippen LogP contribution >= 0.6 is 0 Å². The number of hydrogen-bond acceptors (Lipinski definition) is 5. The number of hydrogen-bond donors (Lipinski definition) is 1. The van der Waals surface area contributed by atoms with Gasteiger partial charge in [-0.25, -0.2) is 9.07 Å². The van der Waals surface area contributed by atoms with Gasteiger partial charge in [-0.1, -0.05) is 17.3 Å². The maximum Gasteiger partial charge on any atom is 0.276 e. The molecule has 2 heterocycles. The monoisotopic (exact) mass is 373 g/mol. The van der Waals surface area contributed by atoms with Crippen molar-refractivity contribution >= 4 is 5.91 Å². The van der Waals surface area contributed by atoms with Crippen molar-refractivity contribution in [2.75, 3.05) is 19.7 Å². The maximum absolute atomic E-state index is 13.1. The van der Waals surface area contributed by atoms with Gasteiger partial charge in [0.1, 0.15) is 11.9 Å².